The highest BCUT2D eigenvalue weighted by Gasteiger charge is 2.33. The van der Waals surface area contributed by atoms with Crippen molar-refractivity contribution in [3.63, 3.8) is 0 Å². The van der Waals surface area contributed by atoms with Gasteiger partial charge in [-0.3, -0.25) is 9.69 Å². The van der Waals surface area contributed by atoms with Crippen molar-refractivity contribution in [3.8, 4) is 0 Å². The van der Waals surface area contributed by atoms with Crippen LogP contribution in [0.2, 0.25) is 0 Å². The molecule has 136 valence electrons. The molecule has 0 radical (unpaired) electrons. The fourth-order valence-electron chi connectivity index (χ4n) is 3.82. The maximum atomic E-state index is 12.4. The molecule has 2 atom stereocenters. The van der Waals surface area contributed by atoms with Crippen LogP contribution in [0, 0.1) is 0 Å². The second kappa shape index (κ2) is 6.96. The van der Waals surface area contributed by atoms with E-state index in [4.69, 9.17) is 4.74 Å². The number of amides is 2. The maximum Gasteiger partial charge on any atom is 0.410 e. The van der Waals surface area contributed by atoms with Crippen LogP contribution in [0.5, 0.6) is 0 Å². The zero-order valence-corrected chi connectivity index (χ0v) is 14.5. The summed E-state index contributed by atoms with van der Waals surface area (Å²) >= 11 is 0. The summed E-state index contributed by atoms with van der Waals surface area (Å²) in [6.07, 6.45) is -0.347. The Kier molecular flexibility index (Phi) is 4.51. The molecule has 2 fully saturated rings. The topological polar surface area (TPSA) is 70.1 Å². The van der Waals surface area contributed by atoms with Crippen molar-refractivity contribution in [2.45, 2.75) is 18.4 Å². The van der Waals surface area contributed by atoms with Gasteiger partial charge < -0.3 is 14.7 Å². The monoisotopic (exact) mass is 354 g/mol. The van der Waals surface area contributed by atoms with Gasteiger partial charge in [0, 0.05) is 19.0 Å². The lowest BCUT2D eigenvalue weighted by atomic mass is 9.86. The molecule has 2 amide bonds. The van der Waals surface area contributed by atoms with Crippen LogP contribution in [-0.4, -0.2) is 65.8 Å². The molecule has 0 aliphatic carbocycles. The third-order valence-electron chi connectivity index (χ3n) is 5.31. The van der Waals surface area contributed by atoms with Crippen LogP contribution in [0.15, 0.2) is 42.5 Å². The molecular formula is C20H22N2O4. The SMILES string of the molecule is O=C(CN1CCOC1=O)N1CC[C@@H](c2ccc3ccccc3c2)[C@H](O)C1. The van der Waals surface area contributed by atoms with E-state index in [0.717, 1.165) is 10.9 Å². The van der Waals surface area contributed by atoms with E-state index in [1.807, 2.05) is 12.1 Å². The first-order chi connectivity index (χ1) is 12.6. The predicted molar refractivity (Wildman–Crippen MR) is 96.8 cm³/mol. The number of cyclic esters (lactones) is 1. The Labute approximate surface area is 152 Å². The van der Waals surface area contributed by atoms with E-state index in [1.54, 1.807) is 4.90 Å². The second-order valence-electron chi connectivity index (χ2n) is 6.94. The summed E-state index contributed by atoms with van der Waals surface area (Å²) in [4.78, 5) is 27.0. The average molecular weight is 354 g/mol. The summed E-state index contributed by atoms with van der Waals surface area (Å²) in [7, 11) is 0. The fraction of sp³-hybridized carbons (Fsp3) is 0.400. The highest BCUT2D eigenvalue weighted by atomic mass is 16.6. The minimum Gasteiger partial charge on any atom is -0.448 e. The largest absolute Gasteiger partial charge is 0.448 e. The first-order valence-corrected chi connectivity index (χ1v) is 8.98. The van der Waals surface area contributed by atoms with E-state index in [1.165, 1.54) is 10.3 Å². The molecule has 2 heterocycles. The highest BCUT2D eigenvalue weighted by molar-refractivity contribution is 5.84. The summed E-state index contributed by atoms with van der Waals surface area (Å²) < 4.78 is 4.85. The first kappa shape index (κ1) is 16.8. The molecule has 26 heavy (non-hydrogen) atoms. The zero-order valence-electron chi connectivity index (χ0n) is 14.5. The molecular weight excluding hydrogens is 332 g/mol. The lowest BCUT2D eigenvalue weighted by molar-refractivity contribution is -0.135. The molecule has 0 unspecified atom stereocenters. The van der Waals surface area contributed by atoms with Gasteiger partial charge >= 0.3 is 6.09 Å². The van der Waals surface area contributed by atoms with Crippen molar-refractivity contribution in [1.29, 1.82) is 0 Å². The summed E-state index contributed by atoms with van der Waals surface area (Å²) in [6.45, 7) is 1.67. The molecule has 0 saturated carbocycles. The van der Waals surface area contributed by atoms with Gasteiger partial charge in [-0.1, -0.05) is 42.5 Å². The lowest BCUT2D eigenvalue weighted by Crippen LogP contribution is -2.49. The molecule has 2 aliphatic rings. The van der Waals surface area contributed by atoms with E-state index < -0.39 is 12.2 Å². The number of ether oxygens (including phenoxy) is 1. The number of benzene rings is 2. The van der Waals surface area contributed by atoms with Crippen LogP contribution < -0.4 is 0 Å². The van der Waals surface area contributed by atoms with E-state index in [-0.39, 0.29) is 18.4 Å². The van der Waals surface area contributed by atoms with Crippen molar-refractivity contribution in [2.75, 3.05) is 32.8 Å². The summed E-state index contributed by atoms with van der Waals surface area (Å²) in [5, 5.41) is 13.0. The van der Waals surface area contributed by atoms with Crippen LogP contribution in [0.1, 0.15) is 17.9 Å². The van der Waals surface area contributed by atoms with E-state index in [9.17, 15) is 14.7 Å². The number of aliphatic hydroxyl groups excluding tert-OH is 1. The molecule has 1 N–H and O–H groups in total. The van der Waals surface area contributed by atoms with Gasteiger partial charge in [-0.05, 0) is 22.8 Å². The second-order valence-corrected chi connectivity index (χ2v) is 6.94. The van der Waals surface area contributed by atoms with Crippen molar-refractivity contribution in [2.24, 2.45) is 0 Å². The number of piperidine rings is 1. The smallest absolute Gasteiger partial charge is 0.410 e. The number of rotatable bonds is 3. The fourth-order valence-corrected chi connectivity index (χ4v) is 3.82. The van der Waals surface area contributed by atoms with Gasteiger partial charge in [0.2, 0.25) is 5.91 Å². The maximum absolute atomic E-state index is 12.4. The summed E-state index contributed by atoms with van der Waals surface area (Å²) in [5.74, 6) is -0.125. The average Bonchev–Trinajstić information content (AvgIpc) is 3.06. The molecule has 6 nitrogen and oxygen atoms in total. The van der Waals surface area contributed by atoms with Gasteiger partial charge in [0.1, 0.15) is 13.2 Å². The van der Waals surface area contributed by atoms with Crippen LogP contribution >= 0.6 is 0 Å². The van der Waals surface area contributed by atoms with Crippen LogP contribution in [0.25, 0.3) is 10.8 Å². The van der Waals surface area contributed by atoms with Crippen LogP contribution in [0.4, 0.5) is 4.79 Å². The third kappa shape index (κ3) is 3.24. The van der Waals surface area contributed by atoms with E-state index in [0.29, 0.717) is 32.7 Å². The first-order valence-electron chi connectivity index (χ1n) is 8.98. The molecule has 0 spiro atoms. The van der Waals surface area contributed by atoms with Gasteiger partial charge in [-0.15, -0.1) is 0 Å². The number of likely N-dealkylation sites (tertiary alicyclic amines) is 1. The number of aliphatic hydroxyl groups is 1. The molecule has 2 saturated heterocycles. The van der Waals surface area contributed by atoms with E-state index in [2.05, 4.69) is 30.3 Å². The molecule has 2 aromatic carbocycles. The Morgan fingerprint density at radius 3 is 2.69 bits per heavy atom. The number of carbonyl (C=O) groups is 2. The standard InChI is InChI=1S/C20H22N2O4/c23-18-12-21(19(24)13-22-9-10-26-20(22)25)8-7-17(18)16-6-5-14-3-1-2-4-15(14)11-16/h1-6,11,17-18,23H,7-10,12-13H2/t17-,18+/m0/s1. The van der Waals surface area contributed by atoms with Crippen molar-refractivity contribution >= 4 is 22.8 Å². The Bertz CT molecular complexity index is 837. The molecule has 4 rings (SSSR count). The molecule has 6 heteroatoms. The zero-order chi connectivity index (χ0) is 18.1. The van der Waals surface area contributed by atoms with Crippen molar-refractivity contribution in [3.05, 3.63) is 48.0 Å². The van der Waals surface area contributed by atoms with Gasteiger partial charge in [0.25, 0.3) is 0 Å². The third-order valence-corrected chi connectivity index (χ3v) is 5.31. The van der Waals surface area contributed by atoms with Crippen LogP contribution in [0.3, 0.4) is 0 Å². The normalized spacial score (nSPS) is 23.3. The minimum absolute atomic E-state index is 0.0143. The van der Waals surface area contributed by atoms with Gasteiger partial charge in [-0.25, -0.2) is 4.79 Å². The van der Waals surface area contributed by atoms with Crippen molar-refractivity contribution < 1.29 is 19.4 Å². The Balaban J connectivity index is 1.42. The van der Waals surface area contributed by atoms with Crippen LogP contribution in [-0.2, 0) is 9.53 Å². The quantitative estimate of drug-likeness (QED) is 0.915. The lowest BCUT2D eigenvalue weighted by Gasteiger charge is -2.36. The van der Waals surface area contributed by atoms with Gasteiger partial charge in [0.05, 0.1) is 12.6 Å². The number of nitrogens with zero attached hydrogens (tertiary/aromatic N) is 2. The number of β-amino-alcohol motifs (C(OH)–C–C–N with tert-alkyl or cyclic N) is 1. The van der Waals surface area contributed by atoms with Crippen molar-refractivity contribution in [1.82, 2.24) is 9.80 Å². The Morgan fingerprint density at radius 1 is 1.15 bits per heavy atom. The predicted octanol–water partition coefficient (Wildman–Crippen LogP) is 1.97. The molecule has 2 aliphatic heterocycles. The Morgan fingerprint density at radius 2 is 1.96 bits per heavy atom. The molecule has 0 bridgehead atoms. The Hall–Kier alpha value is -2.60. The molecule has 2 aromatic rings. The number of carbonyl (C=O) groups excluding carboxylic acids is 2. The molecule has 0 aromatic heterocycles. The van der Waals surface area contributed by atoms with E-state index >= 15 is 0 Å². The summed E-state index contributed by atoms with van der Waals surface area (Å²) in [6, 6.07) is 14.4. The number of hydrogen-bond acceptors (Lipinski definition) is 4. The number of hydrogen-bond donors (Lipinski definition) is 1. The minimum atomic E-state index is -0.612. The van der Waals surface area contributed by atoms with Gasteiger partial charge in [-0.2, -0.15) is 0 Å². The summed E-state index contributed by atoms with van der Waals surface area (Å²) in [5.41, 5.74) is 1.10. The highest BCUT2D eigenvalue weighted by Crippen LogP contribution is 2.30. The van der Waals surface area contributed by atoms with Gasteiger partial charge in [0.15, 0.2) is 0 Å². The number of fused-ring (bicyclic) bond motifs is 1.